The summed E-state index contributed by atoms with van der Waals surface area (Å²) in [6.07, 6.45) is 5.15. The molecule has 0 aromatic heterocycles. The lowest BCUT2D eigenvalue weighted by atomic mass is 9.82. The maximum atomic E-state index is 11.6. The molecule has 1 atom stereocenters. The normalized spacial score (nSPS) is 21.7. The Balaban J connectivity index is 1.66. The van der Waals surface area contributed by atoms with Gasteiger partial charge in [0.2, 0.25) is 0 Å². The minimum Gasteiger partial charge on any atom is -0.298 e. The molecule has 0 radical (unpaired) electrons. The molecule has 0 heterocycles. The van der Waals surface area contributed by atoms with Crippen molar-refractivity contribution in [2.75, 3.05) is 0 Å². The van der Waals surface area contributed by atoms with Crippen LogP contribution in [-0.2, 0) is 25.7 Å². The molecule has 0 saturated carbocycles. The van der Waals surface area contributed by atoms with Gasteiger partial charge in [-0.25, -0.2) is 0 Å². The molecular weight excluding hydrogens is 272 g/mol. The molecule has 2 nitrogen and oxygen atoms in total. The van der Waals surface area contributed by atoms with E-state index in [1.165, 1.54) is 22.3 Å². The Bertz CT molecular complexity index is 803. The number of Topliss-reactive ketones (excluding diaryl/α,β-unsaturated/α-hetero) is 1. The van der Waals surface area contributed by atoms with E-state index < -0.39 is 0 Å². The summed E-state index contributed by atoms with van der Waals surface area (Å²) in [6, 6.07) is 12.2. The van der Waals surface area contributed by atoms with E-state index in [1.54, 1.807) is 6.92 Å². The molecule has 1 spiro atoms. The molecule has 2 aromatic carbocycles. The Kier molecular flexibility index (Phi) is 2.83. The van der Waals surface area contributed by atoms with E-state index in [0.717, 1.165) is 43.1 Å². The van der Waals surface area contributed by atoms with Crippen molar-refractivity contribution in [1.29, 1.82) is 0 Å². The highest BCUT2D eigenvalue weighted by molar-refractivity contribution is 5.94. The standard InChI is InChI=1S/C20H18O2/c1-13(22)15-4-5-17-9-20(11-19(17)7-15)8-16-3-2-14(12-21)6-18(16)10-20/h2-7,12H,8-11H2,1H3. The van der Waals surface area contributed by atoms with E-state index in [4.69, 9.17) is 0 Å². The van der Waals surface area contributed by atoms with E-state index in [1.807, 2.05) is 18.2 Å². The molecule has 110 valence electrons. The minimum atomic E-state index is 0.133. The van der Waals surface area contributed by atoms with Gasteiger partial charge in [0.1, 0.15) is 6.29 Å². The molecular formula is C20H18O2. The maximum absolute atomic E-state index is 11.6. The molecule has 2 aliphatic carbocycles. The summed E-state index contributed by atoms with van der Waals surface area (Å²) in [5.74, 6) is 0.133. The van der Waals surface area contributed by atoms with Crippen molar-refractivity contribution >= 4 is 12.1 Å². The van der Waals surface area contributed by atoms with Gasteiger partial charge in [0.25, 0.3) is 0 Å². The highest BCUT2D eigenvalue weighted by Crippen LogP contribution is 2.47. The van der Waals surface area contributed by atoms with Crippen LogP contribution in [0.2, 0.25) is 0 Å². The number of ketones is 1. The number of benzene rings is 2. The molecule has 0 saturated heterocycles. The number of aldehydes is 1. The average molecular weight is 290 g/mol. The number of carbonyl (C=O) groups excluding carboxylic acids is 2. The molecule has 2 heteroatoms. The second kappa shape index (κ2) is 4.64. The Labute approximate surface area is 130 Å². The monoisotopic (exact) mass is 290 g/mol. The molecule has 4 rings (SSSR count). The lowest BCUT2D eigenvalue weighted by Crippen LogP contribution is -2.21. The quantitative estimate of drug-likeness (QED) is 0.626. The van der Waals surface area contributed by atoms with Crippen molar-refractivity contribution < 1.29 is 9.59 Å². The molecule has 0 aliphatic heterocycles. The Morgan fingerprint density at radius 3 is 2.14 bits per heavy atom. The largest absolute Gasteiger partial charge is 0.298 e. The van der Waals surface area contributed by atoms with E-state index >= 15 is 0 Å². The first-order chi connectivity index (χ1) is 10.6. The Hall–Kier alpha value is -2.22. The van der Waals surface area contributed by atoms with Crippen molar-refractivity contribution in [2.24, 2.45) is 5.41 Å². The van der Waals surface area contributed by atoms with Gasteiger partial charge in [0.15, 0.2) is 5.78 Å². The van der Waals surface area contributed by atoms with Crippen LogP contribution in [0, 0.1) is 5.41 Å². The van der Waals surface area contributed by atoms with Gasteiger partial charge in [-0.2, -0.15) is 0 Å². The third kappa shape index (κ3) is 2.02. The van der Waals surface area contributed by atoms with Crippen LogP contribution >= 0.6 is 0 Å². The molecule has 22 heavy (non-hydrogen) atoms. The van der Waals surface area contributed by atoms with Crippen molar-refractivity contribution in [3.8, 4) is 0 Å². The van der Waals surface area contributed by atoms with Crippen molar-refractivity contribution in [3.05, 3.63) is 69.8 Å². The maximum Gasteiger partial charge on any atom is 0.159 e. The third-order valence-corrected chi connectivity index (χ3v) is 5.24. The third-order valence-electron chi connectivity index (χ3n) is 5.24. The first kappa shape index (κ1) is 13.4. The zero-order chi connectivity index (χ0) is 15.3. The van der Waals surface area contributed by atoms with Crippen molar-refractivity contribution in [2.45, 2.75) is 32.6 Å². The van der Waals surface area contributed by atoms with Crippen LogP contribution in [0.5, 0.6) is 0 Å². The minimum absolute atomic E-state index is 0.133. The van der Waals surface area contributed by atoms with E-state index in [2.05, 4.69) is 18.2 Å². The molecule has 2 aromatic rings. The van der Waals surface area contributed by atoms with Crippen LogP contribution < -0.4 is 0 Å². The fourth-order valence-corrected chi connectivity index (χ4v) is 4.23. The molecule has 1 unspecified atom stereocenters. The van der Waals surface area contributed by atoms with E-state index in [0.29, 0.717) is 0 Å². The lowest BCUT2D eigenvalue weighted by Gasteiger charge is -2.21. The van der Waals surface area contributed by atoms with Gasteiger partial charge in [0, 0.05) is 11.1 Å². The second-order valence-corrected chi connectivity index (χ2v) is 6.89. The molecule has 0 fully saturated rings. The van der Waals surface area contributed by atoms with Gasteiger partial charge < -0.3 is 0 Å². The number of hydrogen-bond donors (Lipinski definition) is 0. The number of carbonyl (C=O) groups is 2. The van der Waals surface area contributed by atoms with Crippen molar-refractivity contribution in [3.63, 3.8) is 0 Å². The predicted molar refractivity (Wildman–Crippen MR) is 85.5 cm³/mol. The summed E-state index contributed by atoms with van der Waals surface area (Å²) in [4.78, 5) is 22.5. The van der Waals surface area contributed by atoms with Crippen LogP contribution in [0.3, 0.4) is 0 Å². The fraction of sp³-hybridized carbons (Fsp3) is 0.300. The first-order valence-corrected chi connectivity index (χ1v) is 7.78. The van der Waals surface area contributed by atoms with Crippen LogP contribution in [0.25, 0.3) is 0 Å². The van der Waals surface area contributed by atoms with Crippen LogP contribution in [-0.4, -0.2) is 12.1 Å². The zero-order valence-corrected chi connectivity index (χ0v) is 12.7. The number of hydrogen-bond acceptors (Lipinski definition) is 2. The summed E-state index contributed by atoms with van der Waals surface area (Å²) in [5, 5.41) is 0. The second-order valence-electron chi connectivity index (χ2n) is 6.89. The summed E-state index contributed by atoms with van der Waals surface area (Å²) in [6.45, 7) is 1.62. The SMILES string of the molecule is CC(=O)c1ccc2c(c1)CC1(Cc3ccc(C=O)cc3C1)C2. The summed E-state index contributed by atoms with van der Waals surface area (Å²) < 4.78 is 0. The summed E-state index contributed by atoms with van der Waals surface area (Å²) in [5.41, 5.74) is 7.25. The lowest BCUT2D eigenvalue weighted by molar-refractivity contribution is 0.101. The van der Waals surface area contributed by atoms with Gasteiger partial charge in [-0.1, -0.05) is 24.3 Å². The number of fused-ring (bicyclic) bond motifs is 2. The smallest absolute Gasteiger partial charge is 0.159 e. The van der Waals surface area contributed by atoms with Gasteiger partial charge in [0.05, 0.1) is 0 Å². The van der Waals surface area contributed by atoms with Gasteiger partial charge in [-0.15, -0.1) is 0 Å². The highest BCUT2D eigenvalue weighted by Gasteiger charge is 2.42. The molecule has 0 N–H and O–H groups in total. The fourth-order valence-electron chi connectivity index (χ4n) is 4.23. The molecule has 0 amide bonds. The highest BCUT2D eigenvalue weighted by atomic mass is 16.1. The molecule has 0 bridgehead atoms. The topological polar surface area (TPSA) is 34.1 Å². The predicted octanol–water partition coefficient (Wildman–Crippen LogP) is 3.59. The van der Waals surface area contributed by atoms with Crippen LogP contribution in [0.15, 0.2) is 36.4 Å². The Morgan fingerprint density at radius 1 is 0.909 bits per heavy atom. The number of rotatable bonds is 2. The van der Waals surface area contributed by atoms with Gasteiger partial charge in [-0.3, -0.25) is 9.59 Å². The Morgan fingerprint density at radius 2 is 1.50 bits per heavy atom. The average Bonchev–Trinajstić information content (AvgIpc) is 3.03. The zero-order valence-electron chi connectivity index (χ0n) is 12.7. The van der Waals surface area contributed by atoms with Crippen molar-refractivity contribution in [1.82, 2.24) is 0 Å². The van der Waals surface area contributed by atoms with E-state index in [-0.39, 0.29) is 11.2 Å². The first-order valence-electron chi connectivity index (χ1n) is 7.78. The molecule has 2 aliphatic rings. The van der Waals surface area contributed by atoms with Gasteiger partial charge in [-0.05, 0) is 72.4 Å². The van der Waals surface area contributed by atoms with Crippen LogP contribution in [0.1, 0.15) is 49.9 Å². The van der Waals surface area contributed by atoms with E-state index in [9.17, 15) is 9.59 Å². The van der Waals surface area contributed by atoms with Crippen LogP contribution in [0.4, 0.5) is 0 Å². The van der Waals surface area contributed by atoms with Gasteiger partial charge >= 0.3 is 0 Å². The summed E-state index contributed by atoms with van der Waals surface area (Å²) >= 11 is 0. The summed E-state index contributed by atoms with van der Waals surface area (Å²) in [7, 11) is 0.